The fourth-order valence-corrected chi connectivity index (χ4v) is 3.55. The quantitative estimate of drug-likeness (QED) is 0.834. The number of carbonyl (C=O) groups is 1. The maximum atomic E-state index is 11.3. The monoisotopic (exact) mass is 303 g/mol. The summed E-state index contributed by atoms with van der Waals surface area (Å²) in [5.74, 6) is 0.959. The summed E-state index contributed by atoms with van der Waals surface area (Å²) in [6, 6.07) is 9.18. The molecule has 122 valence electrons. The van der Waals surface area contributed by atoms with Gasteiger partial charge in [0.05, 0.1) is 0 Å². The zero-order valence-electron chi connectivity index (χ0n) is 14.2. The third-order valence-corrected chi connectivity index (χ3v) is 5.06. The second-order valence-electron chi connectivity index (χ2n) is 7.15. The Hall–Kier alpha value is -1.35. The molecule has 4 N–H and O–H groups in total. The average molecular weight is 303 g/mol. The van der Waals surface area contributed by atoms with Crippen molar-refractivity contribution < 1.29 is 10.1 Å². The lowest BCUT2D eigenvalue weighted by Crippen LogP contribution is -2.93. The van der Waals surface area contributed by atoms with Gasteiger partial charge in [0.25, 0.3) is 5.91 Å². The first-order valence-corrected chi connectivity index (χ1v) is 8.73. The minimum absolute atomic E-state index is 0.189. The summed E-state index contributed by atoms with van der Waals surface area (Å²) >= 11 is 0. The van der Waals surface area contributed by atoms with Gasteiger partial charge in [-0.25, -0.2) is 0 Å². The molecule has 1 aromatic carbocycles. The molecule has 0 aromatic heterocycles. The molecule has 1 aliphatic rings. The van der Waals surface area contributed by atoms with Gasteiger partial charge in [-0.15, -0.1) is 0 Å². The smallest absolute Gasteiger partial charge is 0.275 e. The summed E-state index contributed by atoms with van der Waals surface area (Å²) in [7, 11) is 0. The van der Waals surface area contributed by atoms with Crippen molar-refractivity contribution in [1.82, 2.24) is 0 Å². The van der Waals surface area contributed by atoms with Gasteiger partial charge in [0, 0.05) is 11.5 Å². The zero-order valence-corrected chi connectivity index (χ0v) is 14.2. The molecule has 0 spiro atoms. The van der Waals surface area contributed by atoms with E-state index in [0.717, 1.165) is 5.92 Å². The van der Waals surface area contributed by atoms with Crippen LogP contribution in [-0.2, 0) is 4.79 Å². The van der Waals surface area contributed by atoms with Crippen LogP contribution in [0.25, 0.3) is 0 Å². The highest BCUT2D eigenvalue weighted by Crippen LogP contribution is 2.33. The third-order valence-electron chi connectivity index (χ3n) is 5.06. The highest BCUT2D eigenvalue weighted by atomic mass is 16.1. The van der Waals surface area contributed by atoms with E-state index in [2.05, 4.69) is 43.4 Å². The number of nitrogens with two attached hydrogens (primary N) is 2. The Kier molecular flexibility index (Phi) is 6.01. The highest BCUT2D eigenvalue weighted by Gasteiger charge is 2.25. The standard InChI is InChI=1S/C19H30N2O/c1-13(2)18(21-14(3)19(20)22)17-11-9-16(10-12-17)15-7-5-4-6-8-15/h9-15,18,21H,4-8H2,1-3H3,(H2,20,22)/p+1/t14-,18+/m0/s1. The predicted octanol–water partition coefficient (Wildman–Crippen LogP) is 2.87. The first-order chi connectivity index (χ1) is 10.5. The van der Waals surface area contributed by atoms with E-state index in [1.165, 1.54) is 43.2 Å². The number of carbonyl (C=O) groups excluding carboxylic acids is 1. The molecule has 1 aliphatic carbocycles. The lowest BCUT2D eigenvalue weighted by Gasteiger charge is -2.24. The summed E-state index contributed by atoms with van der Waals surface area (Å²) in [5, 5.41) is 2.10. The molecular formula is C19H31N2O+. The van der Waals surface area contributed by atoms with E-state index in [9.17, 15) is 4.79 Å². The van der Waals surface area contributed by atoms with E-state index in [1.54, 1.807) is 0 Å². The molecule has 3 heteroatoms. The second kappa shape index (κ2) is 7.77. The normalized spacial score (nSPS) is 19.1. The van der Waals surface area contributed by atoms with Crippen molar-refractivity contribution >= 4 is 5.91 Å². The van der Waals surface area contributed by atoms with Gasteiger partial charge in [0.2, 0.25) is 0 Å². The first kappa shape index (κ1) is 17.0. The van der Waals surface area contributed by atoms with Crippen molar-refractivity contribution in [2.75, 3.05) is 0 Å². The summed E-state index contributed by atoms with van der Waals surface area (Å²) in [6.07, 6.45) is 6.79. The lowest BCUT2D eigenvalue weighted by molar-refractivity contribution is -0.719. The van der Waals surface area contributed by atoms with E-state index in [4.69, 9.17) is 5.73 Å². The molecule has 0 heterocycles. The molecule has 1 saturated carbocycles. The molecule has 0 aliphatic heterocycles. The summed E-state index contributed by atoms with van der Waals surface area (Å²) < 4.78 is 0. The predicted molar refractivity (Wildman–Crippen MR) is 90.4 cm³/mol. The Morgan fingerprint density at radius 2 is 1.68 bits per heavy atom. The van der Waals surface area contributed by atoms with Crippen LogP contribution >= 0.6 is 0 Å². The molecule has 3 nitrogen and oxygen atoms in total. The van der Waals surface area contributed by atoms with Crippen LogP contribution in [0.15, 0.2) is 24.3 Å². The maximum Gasteiger partial charge on any atom is 0.275 e. The molecule has 2 rings (SSSR count). The number of benzene rings is 1. The Morgan fingerprint density at radius 1 is 1.09 bits per heavy atom. The van der Waals surface area contributed by atoms with Gasteiger partial charge in [0.1, 0.15) is 6.04 Å². The van der Waals surface area contributed by atoms with Crippen LogP contribution in [0.5, 0.6) is 0 Å². The van der Waals surface area contributed by atoms with Crippen molar-refractivity contribution in [1.29, 1.82) is 0 Å². The maximum absolute atomic E-state index is 11.3. The number of rotatable bonds is 6. The topological polar surface area (TPSA) is 59.7 Å². The summed E-state index contributed by atoms with van der Waals surface area (Å²) in [5.41, 5.74) is 8.19. The van der Waals surface area contributed by atoms with Crippen molar-refractivity contribution in [3.8, 4) is 0 Å². The van der Waals surface area contributed by atoms with Gasteiger partial charge in [-0.1, -0.05) is 57.4 Å². The van der Waals surface area contributed by atoms with Crippen molar-refractivity contribution in [2.45, 2.75) is 70.9 Å². The van der Waals surface area contributed by atoms with E-state index < -0.39 is 0 Å². The van der Waals surface area contributed by atoms with Crippen LogP contribution in [0.2, 0.25) is 0 Å². The van der Waals surface area contributed by atoms with Crippen LogP contribution in [0, 0.1) is 5.92 Å². The van der Waals surface area contributed by atoms with Crippen LogP contribution in [0.3, 0.4) is 0 Å². The number of hydrogen-bond acceptors (Lipinski definition) is 1. The molecule has 22 heavy (non-hydrogen) atoms. The van der Waals surface area contributed by atoms with E-state index in [0.29, 0.717) is 5.92 Å². The Balaban J connectivity index is 2.09. The fourth-order valence-electron chi connectivity index (χ4n) is 3.55. The largest absolute Gasteiger partial charge is 0.365 e. The van der Waals surface area contributed by atoms with Gasteiger partial charge < -0.3 is 11.1 Å². The van der Waals surface area contributed by atoms with Gasteiger partial charge in [-0.05, 0) is 31.2 Å². The number of quaternary nitrogens is 1. The van der Waals surface area contributed by atoms with Gasteiger partial charge in [-0.2, -0.15) is 0 Å². The molecule has 1 amide bonds. The number of hydrogen-bond donors (Lipinski definition) is 2. The average Bonchev–Trinajstić information content (AvgIpc) is 2.53. The van der Waals surface area contributed by atoms with Crippen molar-refractivity contribution in [3.05, 3.63) is 35.4 Å². The molecule has 0 bridgehead atoms. The lowest BCUT2D eigenvalue weighted by atomic mass is 9.83. The second-order valence-corrected chi connectivity index (χ2v) is 7.15. The van der Waals surface area contributed by atoms with Crippen LogP contribution in [0.1, 0.15) is 76.0 Å². The molecule has 2 atom stereocenters. The Morgan fingerprint density at radius 3 is 2.18 bits per heavy atom. The van der Waals surface area contributed by atoms with Crippen molar-refractivity contribution in [3.63, 3.8) is 0 Å². The van der Waals surface area contributed by atoms with E-state index >= 15 is 0 Å². The Labute approximate surface area is 134 Å². The molecule has 0 unspecified atom stereocenters. The third kappa shape index (κ3) is 4.33. The molecule has 1 aromatic rings. The molecule has 0 saturated heterocycles. The first-order valence-electron chi connectivity index (χ1n) is 8.73. The molecule has 1 fully saturated rings. The molecular weight excluding hydrogens is 272 g/mol. The molecule has 0 radical (unpaired) electrons. The summed E-state index contributed by atoms with van der Waals surface area (Å²) in [4.78, 5) is 11.3. The number of amides is 1. The van der Waals surface area contributed by atoms with Crippen molar-refractivity contribution in [2.24, 2.45) is 11.7 Å². The van der Waals surface area contributed by atoms with Crippen LogP contribution < -0.4 is 11.1 Å². The van der Waals surface area contributed by atoms with E-state index in [-0.39, 0.29) is 18.0 Å². The van der Waals surface area contributed by atoms with Gasteiger partial charge in [0.15, 0.2) is 6.04 Å². The fraction of sp³-hybridized carbons (Fsp3) is 0.632. The minimum atomic E-state index is -0.246. The van der Waals surface area contributed by atoms with Gasteiger partial charge in [-0.3, -0.25) is 4.79 Å². The minimum Gasteiger partial charge on any atom is -0.365 e. The highest BCUT2D eigenvalue weighted by molar-refractivity contribution is 5.77. The zero-order chi connectivity index (χ0) is 16.1. The number of primary amides is 1. The Bertz CT molecular complexity index is 475. The van der Waals surface area contributed by atoms with Crippen LogP contribution in [-0.4, -0.2) is 11.9 Å². The SMILES string of the molecule is CC(C)[C@@H]([NH2+][C@@H](C)C(N)=O)c1ccc(C2CCCCC2)cc1. The van der Waals surface area contributed by atoms with E-state index in [1.807, 2.05) is 6.92 Å². The van der Waals surface area contributed by atoms with Gasteiger partial charge >= 0.3 is 0 Å². The van der Waals surface area contributed by atoms with Crippen LogP contribution in [0.4, 0.5) is 0 Å². The summed E-state index contributed by atoms with van der Waals surface area (Å²) in [6.45, 7) is 6.28.